The SMILES string of the molecule is CC(C)CN1CC[C@@H](Cn2cc(-c3nccn3C)nn2)C1. The third-order valence-corrected chi connectivity index (χ3v) is 4.03. The van der Waals surface area contributed by atoms with Gasteiger partial charge >= 0.3 is 0 Å². The summed E-state index contributed by atoms with van der Waals surface area (Å²) in [6.07, 6.45) is 6.97. The molecule has 1 aliphatic heterocycles. The molecule has 0 amide bonds. The Kier molecular flexibility index (Phi) is 4.05. The van der Waals surface area contributed by atoms with E-state index < -0.39 is 0 Å². The van der Waals surface area contributed by atoms with E-state index in [1.807, 2.05) is 28.7 Å². The Morgan fingerprint density at radius 2 is 2.24 bits per heavy atom. The topological polar surface area (TPSA) is 51.8 Å². The van der Waals surface area contributed by atoms with Gasteiger partial charge in [0.1, 0.15) is 5.69 Å². The van der Waals surface area contributed by atoms with Gasteiger partial charge in [-0.2, -0.15) is 0 Å². The van der Waals surface area contributed by atoms with Gasteiger partial charge in [0.05, 0.1) is 6.20 Å². The molecule has 1 saturated heterocycles. The van der Waals surface area contributed by atoms with Gasteiger partial charge in [-0.25, -0.2) is 4.98 Å². The van der Waals surface area contributed by atoms with Gasteiger partial charge in [-0.1, -0.05) is 19.1 Å². The third kappa shape index (κ3) is 3.32. The molecule has 3 heterocycles. The Bertz CT molecular complexity index is 585. The molecule has 0 saturated carbocycles. The summed E-state index contributed by atoms with van der Waals surface area (Å²) < 4.78 is 3.93. The van der Waals surface area contributed by atoms with Gasteiger partial charge in [-0.3, -0.25) is 4.68 Å². The summed E-state index contributed by atoms with van der Waals surface area (Å²) in [7, 11) is 1.97. The van der Waals surface area contributed by atoms with Crippen molar-refractivity contribution in [3.8, 4) is 11.5 Å². The Balaban J connectivity index is 1.60. The van der Waals surface area contributed by atoms with E-state index in [1.165, 1.54) is 26.1 Å². The van der Waals surface area contributed by atoms with Crippen molar-refractivity contribution < 1.29 is 0 Å². The summed E-state index contributed by atoms with van der Waals surface area (Å²) in [5.41, 5.74) is 0.847. The molecular formula is C15H24N6. The van der Waals surface area contributed by atoms with Crippen LogP contribution in [0.25, 0.3) is 11.5 Å². The van der Waals surface area contributed by atoms with Crippen molar-refractivity contribution in [3.05, 3.63) is 18.6 Å². The van der Waals surface area contributed by atoms with E-state index in [0.29, 0.717) is 5.92 Å². The standard InChI is InChI=1S/C15H24N6/c1-12(2)8-20-6-4-13(9-20)10-21-11-14(17-18-21)15-16-5-7-19(15)3/h5,7,11-13H,4,6,8-10H2,1-3H3/t13-/m1/s1. The minimum Gasteiger partial charge on any atom is -0.333 e. The van der Waals surface area contributed by atoms with E-state index in [-0.39, 0.29) is 0 Å². The Morgan fingerprint density at radius 3 is 2.95 bits per heavy atom. The van der Waals surface area contributed by atoms with Crippen LogP contribution < -0.4 is 0 Å². The lowest BCUT2D eigenvalue weighted by atomic mass is 10.1. The van der Waals surface area contributed by atoms with E-state index in [4.69, 9.17) is 0 Å². The molecule has 0 unspecified atom stereocenters. The monoisotopic (exact) mass is 288 g/mol. The van der Waals surface area contributed by atoms with E-state index in [0.717, 1.165) is 24.0 Å². The molecule has 0 aliphatic carbocycles. The van der Waals surface area contributed by atoms with Crippen molar-refractivity contribution in [2.45, 2.75) is 26.8 Å². The highest BCUT2D eigenvalue weighted by Crippen LogP contribution is 2.20. The van der Waals surface area contributed by atoms with Crippen LogP contribution in [0, 0.1) is 11.8 Å². The van der Waals surface area contributed by atoms with Crippen molar-refractivity contribution >= 4 is 0 Å². The number of hydrogen-bond donors (Lipinski definition) is 0. The number of hydrogen-bond acceptors (Lipinski definition) is 4. The second kappa shape index (κ2) is 5.97. The molecule has 3 rings (SSSR count). The van der Waals surface area contributed by atoms with Crippen molar-refractivity contribution in [3.63, 3.8) is 0 Å². The van der Waals surface area contributed by atoms with Gasteiger partial charge in [0.25, 0.3) is 0 Å². The molecule has 6 nitrogen and oxygen atoms in total. The van der Waals surface area contributed by atoms with E-state index in [2.05, 4.69) is 34.0 Å². The van der Waals surface area contributed by atoms with Crippen molar-refractivity contribution in [2.75, 3.05) is 19.6 Å². The molecule has 1 fully saturated rings. The molecule has 6 heteroatoms. The minimum atomic E-state index is 0.680. The van der Waals surface area contributed by atoms with Crippen molar-refractivity contribution in [1.29, 1.82) is 0 Å². The Hall–Kier alpha value is -1.69. The normalized spacial score (nSPS) is 19.7. The maximum absolute atomic E-state index is 4.31. The summed E-state index contributed by atoms with van der Waals surface area (Å²) in [5.74, 6) is 2.29. The molecule has 21 heavy (non-hydrogen) atoms. The van der Waals surface area contributed by atoms with Gasteiger partial charge in [0.2, 0.25) is 0 Å². The van der Waals surface area contributed by atoms with Crippen LogP contribution in [0.5, 0.6) is 0 Å². The van der Waals surface area contributed by atoms with Gasteiger partial charge in [-0.15, -0.1) is 5.10 Å². The lowest BCUT2D eigenvalue weighted by molar-refractivity contribution is 0.280. The van der Waals surface area contributed by atoms with Crippen LogP contribution >= 0.6 is 0 Å². The highest BCUT2D eigenvalue weighted by molar-refractivity contribution is 5.46. The highest BCUT2D eigenvalue weighted by atomic mass is 15.4. The molecular weight excluding hydrogens is 264 g/mol. The first-order chi connectivity index (χ1) is 10.1. The zero-order valence-electron chi connectivity index (χ0n) is 13.1. The third-order valence-electron chi connectivity index (χ3n) is 4.03. The average Bonchev–Trinajstić information content (AvgIpc) is 3.11. The van der Waals surface area contributed by atoms with Crippen molar-refractivity contribution in [1.82, 2.24) is 29.4 Å². The zero-order chi connectivity index (χ0) is 14.8. The first-order valence-corrected chi connectivity index (χ1v) is 7.72. The van der Waals surface area contributed by atoms with E-state index >= 15 is 0 Å². The quantitative estimate of drug-likeness (QED) is 0.839. The largest absolute Gasteiger partial charge is 0.333 e. The summed E-state index contributed by atoms with van der Waals surface area (Å²) >= 11 is 0. The summed E-state index contributed by atoms with van der Waals surface area (Å²) in [6, 6.07) is 0. The minimum absolute atomic E-state index is 0.680. The summed E-state index contributed by atoms with van der Waals surface area (Å²) in [6.45, 7) is 9.10. The predicted octanol–water partition coefficient (Wildman–Crippen LogP) is 1.66. The van der Waals surface area contributed by atoms with Crippen LogP contribution in [0.2, 0.25) is 0 Å². The average molecular weight is 288 g/mol. The molecule has 0 N–H and O–H groups in total. The molecule has 0 radical (unpaired) electrons. The molecule has 0 aromatic carbocycles. The van der Waals surface area contributed by atoms with Crippen LogP contribution in [0.3, 0.4) is 0 Å². The zero-order valence-corrected chi connectivity index (χ0v) is 13.1. The van der Waals surface area contributed by atoms with Crippen LogP contribution in [0.15, 0.2) is 18.6 Å². The predicted molar refractivity (Wildman–Crippen MR) is 81.6 cm³/mol. The Labute approximate surface area is 125 Å². The maximum Gasteiger partial charge on any atom is 0.161 e. The maximum atomic E-state index is 4.31. The number of rotatable bonds is 5. The molecule has 2 aromatic heterocycles. The molecule has 0 spiro atoms. The van der Waals surface area contributed by atoms with Gasteiger partial charge < -0.3 is 9.47 Å². The smallest absolute Gasteiger partial charge is 0.161 e. The fourth-order valence-electron chi connectivity index (χ4n) is 3.11. The molecule has 1 aliphatic rings. The molecule has 114 valence electrons. The number of likely N-dealkylation sites (tertiary alicyclic amines) is 1. The van der Waals surface area contributed by atoms with Gasteiger partial charge in [-0.05, 0) is 24.8 Å². The highest BCUT2D eigenvalue weighted by Gasteiger charge is 2.23. The summed E-state index contributed by atoms with van der Waals surface area (Å²) in [5, 5.41) is 8.50. The lowest BCUT2D eigenvalue weighted by Gasteiger charge is -2.18. The van der Waals surface area contributed by atoms with Crippen LogP contribution in [0.4, 0.5) is 0 Å². The molecule has 1 atom stereocenters. The second-order valence-electron chi connectivity index (χ2n) is 6.50. The van der Waals surface area contributed by atoms with E-state index in [1.54, 1.807) is 6.20 Å². The number of aromatic nitrogens is 5. The number of imidazole rings is 1. The van der Waals surface area contributed by atoms with Crippen LogP contribution in [-0.2, 0) is 13.6 Å². The van der Waals surface area contributed by atoms with Crippen LogP contribution in [0.1, 0.15) is 20.3 Å². The number of nitrogens with zero attached hydrogens (tertiary/aromatic N) is 6. The Morgan fingerprint density at radius 1 is 1.38 bits per heavy atom. The van der Waals surface area contributed by atoms with E-state index in [9.17, 15) is 0 Å². The van der Waals surface area contributed by atoms with Gasteiger partial charge in [0.15, 0.2) is 5.82 Å². The first-order valence-electron chi connectivity index (χ1n) is 7.72. The first kappa shape index (κ1) is 14.3. The lowest BCUT2D eigenvalue weighted by Crippen LogP contribution is -2.26. The van der Waals surface area contributed by atoms with Crippen LogP contribution in [-0.4, -0.2) is 49.1 Å². The van der Waals surface area contributed by atoms with Crippen molar-refractivity contribution in [2.24, 2.45) is 18.9 Å². The number of aryl methyl sites for hydroxylation is 1. The molecule has 2 aromatic rings. The van der Waals surface area contributed by atoms with Gasteiger partial charge in [0, 0.05) is 39.1 Å². The fraction of sp³-hybridized carbons (Fsp3) is 0.667. The molecule has 0 bridgehead atoms. The second-order valence-corrected chi connectivity index (χ2v) is 6.50. The fourth-order valence-corrected chi connectivity index (χ4v) is 3.11. The summed E-state index contributed by atoms with van der Waals surface area (Å²) in [4.78, 5) is 6.88.